The maximum absolute atomic E-state index is 12.0. The molecular formula is C7H7F3N2S. The van der Waals surface area contributed by atoms with Crippen molar-refractivity contribution in [2.75, 3.05) is 0 Å². The van der Waals surface area contributed by atoms with Gasteiger partial charge in [0.2, 0.25) is 0 Å². The summed E-state index contributed by atoms with van der Waals surface area (Å²) in [7, 11) is 0. The van der Waals surface area contributed by atoms with Crippen LogP contribution in [0.25, 0.3) is 0 Å². The lowest BCUT2D eigenvalue weighted by Crippen LogP contribution is -2.07. The van der Waals surface area contributed by atoms with Gasteiger partial charge in [0, 0.05) is 11.9 Å². The van der Waals surface area contributed by atoms with E-state index in [1.54, 1.807) is 0 Å². The molecule has 1 aromatic rings. The summed E-state index contributed by atoms with van der Waals surface area (Å²) in [6, 6.07) is 2.32. The molecular weight excluding hydrogens is 201 g/mol. The molecule has 0 saturated carbocycles. The first kappa shape index (κ1) is 10.3. The quantitative estimate of drug-likeness (QED) is 0.757. The van der Waals surface area contributed by atoms with Crippen LogP contribution in [0.1, 0.15) is 11.3 Å². The van der Waals surface area contributed by atoms with E-state index in [0.717, 1.165) is 18.0 Å². The highest BCUT2D eigenvalue weighted by atomic mass is 32.2. The fourth-order valence-corrected chi connectivity index (χ4v) is 1.14. The third kappa shape index (κ3) is 2.89. The van der Waals surface area contributed by atoms with Crippen LogP contribution < -0.4 is 5.14 Å². The molecule has 0 amide bonds. The van der Waals surface area contributed by atoms with Crippen molar-refractivity contribution in [3.8, 4) is 0 Å². The van der Waals surface area contributed by atoms with Gasteiger partial charge in [-0.25, -0.2) is 0 Å². The predicted octanol–water partition coefficient (Wildman–Crippen LogP) is 2.21. The molecule has 1 aromatic heterocycles. The van der Waals surface area contributed by atoms with Gasteiger partial charge in [0.05, 0.1) is 0 Å². The van der Waals surface area contributed by atoms with E-state index in [9.17, 15) is 13.2 Å². The van der Waals surface area contributed by atoms with Crippen molar-refractivity contribution in [3.05, 3.63) is 29.6 Å². The van der Waals surface area contributed by atoms with Crippen LogP contribution in [0, 0.1) is 0 Å². The van der Waals surface area contributed by atoms with E-state index in [1.165, 1.54) is 12.3 Å². The van der Waals surface area contributed by atoms with Gasteiger partial charge in [0.15, 0.2) is 0 Å². The molecule has 0 aliphatic rings. The topological polar surface area (TPSA) is 38.9 Å². The molecule has 0 unspecified atom stereocenters. The number of nitrogens with two attached hydrogens (primary N) is 1. The third-order valence-corrected chi connectivity index (χ3v) is 1.87. The zero-order valence-electron chi connectivity index (χ0n) is 6.51. The van der Waals surface area contributed by atoms with Crippen LogP contribution >= 0.6 is 11.9 Å². The number of alkyl halides is 3. The van der Waals surface area contributed by atoms with E-state index >= 15 is 0 Å². The van der Waals surface area contributed by atoms with Gasteiger partial charge < -0.3 is 0 Å². The normalized spacial score (nSPS) is 11.7. The summed E-state index contributed by atoms with van der Waals surface area (Å²) in [6.45, 7) is 0. The third-order valence-electron chi connectivity index (χ3n) is 1.37. The van der Waals surface area contributed by atoms with E-state index in [1.807, 2.05) is 0 Å². The molecule has 2 N–H and O–H groups in total. The second kappa shape index (κ2) is 3.97. The number of hydrogen-bond acceptors (Lipinski definition) is 3. The molecule has 0 bridgehead atoms. The van der Waals surface area contributed by atoms with Crippen molar-refractivity contribution < 1.29 is 13.2 Å². The fraction of sp³-hybridized carbons (Fsp3) is 0.286. The average Bonchev–Trinajstić information content (AvgIpc) is 2.04. The van der Waals surface area contributed by atoms with Gasteiger partial charge in [0.1, 0.15) is 5.69 Å². The van der Waals surface area contributed by atoms with Crippen molar-refractivity contribution in [2.24, 2.45) is 5.14 Å². The molecule has 1 rings (SSSR count). The van der Waals surface area contributed by atoms with Crippen LogP contribution in [0.3, 0.4) is 0 Å². The summed E-state index contributed by atoms with van der Waals surface area (Å²) in [4.78, 5) is 3.27. The van der Waals surface area contributed by atoms with Gasteiger partial charge in [-0.05, 0) is 11.6 Å². The molecule has 6 heteroatoms. The molecule has 0 aliphatic carbocycles. The van der Waals surface area contributed by atoms with E-state index in [2.05, 4.69) is 4.98 Å². The minimum absolute atomic E-state index is 0.463. The first-order valence-corrected chi connectivity index (χ1v) is 4.42. The first-order chi connectivity index (χ1) is 6.04. The van der Waals surface area contributed by atoms with Gasteiger partial charge >= 0.3 is 6.18 Å². The first-order valence-electron chi connectivity index (χ1n) is 3.38. The smallest absolute Gasteiger partial charge is 0.278 e. The lowest BCUT2D eigenvalue weighted by atomic mass is 10.3. The van der Waals surface area contributed by atoms with Gasteiger partial charge in [-0.15, -0.1) is 0 Å². The van der Waals surface area contributed by atoms with Crippen molar-refractivity contribution >= 4 is 11.9 Å². The zero-order chi connectivity index (χ0) is 9.90. The summed E-state index contributed by atoms with van der Waals surface area (Å²) in [5.41, 5.74) is -0.196. The maximum Gasteiger partial charge on any atom is 0.433 e. The van der Waals surface area contributed by atoms with Crippen LogP contribution in [-0.2, 0) is 11.9 Å². The number of nitrogens with zero attached hydrogens (tertiary/aromatic N) is 1. The largest absolute Gasteiger partial charge is 0.433 e. The Labute approximate surface area is 77.5 Å². The van der Waals surface area contributed by atoms with Gasteiger partial charge in [-0.2, -0.15) is 13.2 Å². The molecule has 13 heavy (non-hydrogen) atoms. The SMILES string of the molecule is NSCc1ccc(C(F)(F)F)nc1. The van der Waals surface area contributed by atoms with Crippen LogP contribution in [-0.4, -0.2) is 4.98 Å². The monoisotopic (exact) mass is 208 g/mol. The highest BCUT2D eigenvalue weighted by molar-refractivity contribution is 7.96. The number of hydrogen-bond donors (Lipinski definition) is 1. The lowest BCUT2D eigenvalue weighted by molar-refractivity contribution is -0.141. The van der Waals surface area contributed by atoms with E-state index in [4.69, 9.17) is 5.14 Å². The summed E-state index contributed by atoms with van der Waals surface area (Å²) in [6.07, 6.45) is -3.18. The van der Waals surface area contributed by atoms with Crippen LogP contribution in [0.15, 0.2) is 18.3 Å². The highest BCUT2D eigenvalue weighted by Gasteiger charge is 2.31. The van der Waals surface area contributed by atoms with Crippen molar-refractivity contribution in [1.82, 2.24) is 4.98 Å². The Bertz CT molecular complexity index is 270. The molecule has 0 saturated heterocycles. The van der Waals surface area contributed by atoms with Gasteiger partial charge in [-0.1, -0.05) is 18.0 Å². The van der Waals surface area contributed by atoms with Crippen LogP contribution in [0.5, 0.6) is 0 Å². The van der Waals surface area contributed by atoms with Crippen molar-refractivity contribution in [3.63, 3.8) is 0 Å². The Balaban J connectivity index is 2.81. The Hall–Kier alpha value is -0.750. The second-order valence-corrected chi connectivity index (χ2v) is 2.98. The molecule has 0 fully saturated rings. The molecule has 72 valence electrons. The summed E-state index contributed by atoms with van der Waals surface area (Å²) in [5.74, 6) is 0.463. The molecule has 2 nitrogen and oxygen atoms in total. The molecule has 1 heterocycles. The molecule has 0 aliphatic heterocycles. The highest BCUT2D eigenvalue weighted by Crippen LogP contribution is 2.27. The van der Waals surface area contributed by atoms with E-state index in [0.29, 0.717) is 11.3 Å². The standard InChI is InChI=1S/C7H7F3N2S/c8-7(9,10)6-2-1-5(3-12-6)4-13-11/h1-3H,4,11H2. The van der Waals surface area contributed by atoms with Crippen molar-refractivity contribution in [2.45, 2.75) is 11.9 Å². The van der Waals surface area contributed by atoms with Gasteiger partial charge in [-0.3, -0.25) is 10.1 Å². The number of aromatic nitrogens is 1. The maximum atomic E-state index is 12.0. The Kier molecular flexibility index (Phi) is 3.16. The Morgan fingerprint density at radius 1 is 1.38 bits per heavy atom. The predicted molar refractivity (Wildman–Crippen MR) is 44.7 cm³/mol. The second-order valence-electron chi connectivity index (χ2n) is 2.36. The van der Waals surface area contributed by atoms with E-state index in [-0.39, 0.29) is 0 Å². The minimum atomic E-state index is -4.37. The summed E-state index contributed by atoms with van der Waals surface area (Å²) >= 11 is 1.05. The number of pyridine rings is 1. The fourth-order valence-electron chi connectivity index (χ4n) is 0.774. The number of rotatable bonds is 2. The molecule has 0 aromatic carbocycles. The van der Waals surface area contributed by atoms with Crippen molar-refractivity contribution in [1.29, 1.82) is 0 Å². The number of halogens is 3. The van der Waals surface area contributed by atoms with Crippen LogP contribution in [0.2, 0.25) is 0 Å². The summed E-state index contributed by atoms with van der Waals surface area (Å²) in [5, 5.41) is 5.15. The zero-order valence-corrected chi connectivity index (χ0v) is 7.32. The molecule has 0 spiro atoms. The Morgan fingerprint density at radius 3 is 2.46 bits per heavy atom. The molecule has 0 radical (unpaired) electrons. The lowest BCUT2D eigenvalue weighted by Gasteiger charge is -2.05. The van der Waals surface area contributed by atoms with Gasteiger partial charge in [0.25, 0.3) is 0 Å². The average molecular weight is 208 g/mol. The molecule has 0 atom stereocenters. The minimum Gasteiger partial charge on any atom is -0.278 e. The van der Waals surface area contributed by atoms with Crippen LogP contribution in [0.4, 0.5) is 13.2 Å². The van der Waals surface area contributed by atoms with E-state index < -0.39 is 11.9 Å². The summed E-state index contributed by atoms with van der Waals surface area (Å²) < 4.78 is 36.0. The Morgan fingerprint density at radius 2 is 2.08 bits per heavy atom.